The van der Waals surface area contributed by atoms with Gasteiger partial charge in [-0.2, -0.15) is 0 Å². The van der Waals surface area contributed by atoms with Crippen LogP contribution < -0.4 is 0 Å². The van der Waals surface area contributed by atoms with E-state index < -0.39 is 0 Å². The van der Waals surface area contributed by atoms with E-state index in [0.29, 0.717) is 0 Å². The summed E-state index contributed by atoms with van der Waals surface area (Å²) >= 11 is 1.63. The summed E-state index contributed by atoms with van der Waals surface area (Å²) in [5, 5.41) is 19.7. The average Bonchev–Trinajstić information content (AvgIpc) is 3.00. The second-order valence-corrected chi connectivity index (χ2v) is 6.47. The number of aromatic nitrogens is 3. The van der Waals surface area contributed by atoms with Gasteiger partial charge in [0.25, 0.3) is 0 Å². The van der Waals surface area contributed by atoms with Gasteiger partial charge in [-0.05, 0) is 25.8 Å². The Balaban J connectivity index is 1.82. The highest BCUT2D eigenvalue weighted by Gasteiger charge is 2.26. The first-order valence-electron chi connectivity index (χ1n) is 6.95. The van der Waals surface area contributed by atoms with E-state index in [9.17, 15) is 5.11 Å². The molecule has 5 nitrogen and oxygen atoms in total. The molecule has 0 radical (unpaired) electrons. The molecule has 1 aliphatic carbocycles. The van der Waals surface area contributed by atoms with Crippen molar-refractivity contribution >= 4 is 11.8 Å². The number of aryl methyl sites for hydroxylation is 1. The van der Waals surface area contributed by atoms with E-state index in [0.717, 1.165) is 41.6 Å². The maximum absolute atomic E-state index is 10.1. The van der Waals surface area contributed by atoms with Crippen molar-refractivity contribution in [1.82, 2.24) is 14.8 Å². The van der Waals surface area contributed by atoms with Crippen LogP contribution in [0.1, 0.15) is 31.4 Å². The first-order chi connectivity index (χ1) is 9.66. The van der Waals surface area contributed by atoms with Crippen molar-refractivity contribution in [3.8, 4) is 11.4 Å². The van der Waals surface area contributed by atoms with Gasteiger partial charge in [0.05, 0.1) is 17.9 Å². The maximum atomic E-state index is 10.1. The van der Waals surface area contributed by atoms with E-state index in [4.69, 9.17) is 4.42 Å². The van der Waals surface area contributed by atoms with E-state index >= 15 is 0 Å². The van der Waals surface area contributed by atoms with Crippen molar-refractivity contribution in [2.75, 3.05) is 0 Å². The molecule has 3 rings (SSSR count). The zero-order valence-electron chi connectivity index (χ0n) is 11.7. The summed E-state index contributed by atoms with van der Waals surface area (Å²) in [6, 6.07) is 1.91. The molecule has 2 heterocycles. The molecule has 2 atom stereocenters. The number of thioether (sulfide) groups is 1. The molecule has 108 valence electrons. The minimum Gasteiger partial charge on any atom is -0.469 e. The van der Waals surface area contributed by atoms with Crippen LogP contribution in [0.15, 0.2) is 21.9 Å². The summed E-state index contributed by atoms with van der Waals surface area (Å²) in [5.41, 5.74) is 0.969. The first-order valence-corrected chi connectivity index (χ1v) is 7.83. The summed E-state index contributed by atoms with van der Waals surface area (Å²) in [5.74, 6) is 1.65. The molecule has 6 heteroatoms. The molecule has 0 aromatic carbocycles. The van der Waals surface area contributed by atoms with E-state index in [2.05, 4.69) is 10.2 Å². The highest BCUT2D eigenvalue weighted by molar-refractivity contribution is 7.99. The minimum absolute atomic E-state index is 0.227. The monoisotopic (exact) mass is 293 g/mol. The molecule has 2 aromatic heterocycles. The van der Waals surface area contributed by atoms with Crippen LogP contribution in [0.2, 0.25) is 0 Å². The van der Waals surface area contributed by atoms with Crippen molar-refractivity contribution < 1.29 is 9.52 Å². The molecule has 1 saturated carbocycles. The predicted molar refractivity (Wildman–Crippen MR) is 77.6 cm³/mol. The molecule has 2 aromatic rings. The number of furan rings is 1. The van der Waals surface area contributed by atoms with Crippen LogP contribution >= 0.6 is 11.8 Å². The molecule has 1 N–H and O–H groups in total. The van der Waals surface area contributed by atoms with Crippen molar-refractivity contribution in [1.29, 1.82) is 0 Å². The fourth-order valence-electron chi connectivity index (χ4n) is 2.62. The van der Waals surface area contributed by atoms with Gasteiger partial charge in [0, 0.05) is 12.3 Å². The van der Waals surface area contributed by atoms with Gasteiger partial charge in [0.2, 0.25) is 0 Å². The van der Waals surface area contributed by atoms with Gasteiger partial charge in [-0.25, -0.2) is 0 Å². The predicted octanol–water partition coefficient (Wildman–Crippen LogP) is 2.78. The number of nitrogens with zero attached hydrogens (tertiary/aromatic N) is 3. The normalized spacial score (nSPS) is 23.1. The summed E-state index contributed by atoms with van der Waals surface area (Å²) in [6.45, 7) is 1.92. The second-order valence-electron chi connectivity index (χ2n) is 5.26. The van der Waals surface area contributed by atoms with E-state index in [-0.39, 0.29) is 11.4 Å². The highest BCUT2D eigenvalue weighted by Crippen LogP contribution is 2.34. The number of rotatable bonds is 3. The lowest BCUT2D eigenvalue weighted by atomic mass is 9.97. The number of hydrogen-bond donors (Lipinski definition) is 1. The summed E-state index contributed by atoms with van der Waals surface area (Å²) in [6.07, 6.45) is 5.67. The Hall–Kier alpha value is -1.27. The molecule has 0 aliphatic heterocycles. The van der Waals surface area contributed by atoms with Gasteiger partial charge in [0.15, 0.2) is 11.0 Å². The van der Waals surface area contributed by atoms with Crippen LogP contribution in [-0.4, -0.2) is 31.2 Å². The van der Waals surface area contributed by atoms with E-state index in [1.807, 2.05) is 24.6 Å². The topological polar surface area (TPSA) is 64.1 Å². The Morgan fingerprint density at radius 3 is 2.85 bits per heavy atom. The van der Waals surface area contributed by atoms with Crippen molar-refractivity contribution in [2.24, 2.45) is 7.05 Å². The third-order valence-corrected chi connectivity index (χ3v) is 5.28. The Morgan fingerprint density at radius 1 is 1.35 bits per heavy atom. The lowest BCUT2D eigenvalue weighted by Gasteiger charge is -2.26. The quantitative estimate of drug-likeness (QED) is 0.942. The molecule has 20 heavy (non-hydrogen) atoms. The summed E-state index contributed by atoms with van der Waals surface area (Å²) in [7, 11) is 1.96. The molecular weight excluding hydrogens is 274 g/mol. The van der Waals surface area contributed by atoms with Gasteiger partial charge >= 0.3 is 0 Å². The van der Waals surface area contributed by atoms with Gasteiger partial charge < -0.3 is 14.1 Å². The second kappa shape index (κ2) is 5.61. The summed E-state index contributed by atoms with van der Waals surface area (Å²) in [4.78, 5) is 0. The smallest absolute Gasteiger partial charge is 0.191 e. The molecule has 0 bridgehead atoms. The molecule has 2 unspecified atom stereocenters. The van der Waals surface area contributed by atoms with Crippen LogP contribution in [-0.2, 0) is 7.05 Å². The third kappa shape index (κ3) is 2.50. The standard InChI is InChI=1S/C14H19N3O2S/c1-9-10(7-8-19-9)13-15-16-14(17(13)2)20-12-6-4-3-5-11(12)18/h7-8,11-12,18H,3-6H2,1-2H3. The Bertz CT molecular complexity index is 593. The average molecular weight is 293 g/mol. The van der Waals surface area contributed by atoms with E-state index in [1.54, 1.807) is 18.0 Å². The number of hydrogen-bond acceptors (Lipinski definition) is 5. The van der Waals surface area contributed by atoms with Gasteiger partial charge in [-0.15, -0.1) is 10.2 Å². The summed E-state index contributed by atoms with van der Waals surface area (Å²) < 4.78 is 7.30. The van der Waals surface area contributed by atoms with Gasteiger partial charge in [0.1, 0.15) is 5.76 Å². The zero-order chi connectivity index (χ0) is 14.1. The van der Waals surface area contributed by atoms with Crippen LogP contribution in [0.3, 0.4) is 0 Å². The molecule has 0 amide bonds. The lowest BCUT2D eigenvalue weighted by molar-refractivity contribution is 0.137. The van der Waals surface area contributed by atoms with Crippen LogP contribution in [0.4, 0.5) is 0 Å². The fourth-order valence-corrected chi connectivity index (χ4v) is 3.80. The van der Waals surface area contributed by atoms with Crippen LogP contribution in [0.25, 0.3) is 11.4 Å². The largest absolute Gasteiger partial charge is 0.469 e. The molecule has 1 aliphatic rings. The highest BCUT2D eigenvalue weighted by atomic mass is 32.2. The van der Waals surface area contributed by atoms with Crippen molar-refractivity contribution in [3.63, 3.8) is 0 Å². The SMILES string of the molecule is Cc1occc1-c1nnc(SC2CCCCC2O)n1C. The fraction of sp³-hybridized carbons (Fsp3) is 0.571. The molecular formula is C14H19N3O2S. The van der Waals surface area contributed by atoms with E-state index in [1.165, 1.54) is 6.42 Å². The van der Waals surface area contributed by atoms with Gasteiger partial charge in [-0.1, -0.05) is 24.6 Å². The van der Waals surface area contributed by atoms with Gasteiger partial charge in [-0.3, -0.25) is 0 Å². The van der Waals surface area contributed by atoms with Crippen molar-refractivity contribution in [2.45, 2.75) is 49.1 Å². The molecule has 0 spiro atoms. The lowest BCUT2D eigenvalue weighted by Crippen LogP contribution is -2.27. The zero-order valence-corrected chi connectivity index (χ0v) is 12.6. The van der Waals surface area contributed by atoms with Crippen LogP contribution in [0, 0.1) is 6.92 Å². The van der Waals surface area contributed by atoms with Crippen molar-refractivity contribution in [3.05, 3.63) is 18.1 Å². The van der Waals surface area contributed by atoms with Crippen LogP contribution in [0.5, 0.6) is 0 Å². The Kier molecular flexibility index (Phi) is 3.85. The Labute approximate surface area is 122 Å². The third-order valence-electron chi connectivity index (χ3n) is 3.86. The number of aliphatic hydroxyl groups is 1. The maximum Gasteiger partial charge on any atom is 0.191 e. The minimum atomic E-state index is -0.232. The first kappa shape index (κ1) is 13.7. The number of aliphatic hydroxyl groups excluding tert-OH is 1. The molecule has 0 saturated heterocycles. The molecule has 1 fully saturated rings. The Morgan fingerprint density at radius 2 is 2.15 bits per heavy atom.